The summed E-state index contributed by atoms with van der Waals surface area (Å²) < 4.78 is 39.5. The standard InChI is InChI=1S/C23H22Cl2F3N7S/c1-29-21-32-19(35(12-11-34(2)3)14-9-7-13(8-10-14)23(26,27)28)18-20(33-21)36-22(31-18)30-17-15(24)5-4-6-16(17)25/h4-10H,11-12H2,1-3H3,(H,30,31)(H,29,32,33). The highest BCUT2D eigenvalue weighted by atomic mass is 35.5. The van der Waals surface area contributed by atoms with Crippen molar-refractivity contribution in [1.29, 1.82) is 0 Å². The van der Waals surface area contributed by atoms with Gasteiger partial charge in [0.1, 0.15) is 5.52 Å². The van der Waals surface area contributed by atoms with Crippen LogP contribution < -0.4 is 15.5 Å². The molecule has 13 heteroatoms. The lowest BCUT2D eigenvalue weighted by molar-refractivity contribution is -0.137. The number of likely N-dealkylation sites (N-methyl/N-ethyl adjacent to an activating group) is 1. The van der Waals surface area contributed by atoms with E-state index in [0.717, 1.165) is 12.1 Å². The smallest absolute Gasteiger partial charge is 0.357 e. The van der Waals surface area contributed by atoms with Crippen LogP contribution in [0.3, 0.4) is 0 Å². The average molecular weight is 556 g/mol. The van der Waals surface area contributed by atoms with E-state index < -0.39 is 11.7 Å². The summed E-state index contributed by atoms with van der Waals surface area (Å²) in [5, 5.41) is 7.45. The predicted molar refractivity (Wildman–Crippen MR) is 142 cm³/mol. The fourth-order valence-electron chi connectivity index (χ4n) is 3.37. The van der Waals surface area contributed by atoms with E-state index in [0.29, 0.717) is 61.8 Å². The van der Waals surface area contributed by atoms with Gasteiger partial charge >= 0.3 is 6.18 Å². The second-order valence-electron chi connectivity index (χ2n) is 8.01. The number of aromatic nitrogens is 3. The van der Waals surface area contributed by atoms with Crippen molar-refractivity contribution in [3.05, 3.63) is 58.1 Å². The number of alkyl halides is 3. The van der Waals surface area contributed by atoms with Gasteiger partial charge < -0.3 is 20.4 Å². The summed E-state index contributed by atoms with van der Waals surface area (Å²) >= 11 is 13.9. The lowest BCUT2D eigenvalue weighted by Gasteiger charge is -2.26. The van der Waals surface area contributed by atoms with Gasteiger partial charge in [-0.1, -0.05) is 40.6 Å². The molecule has 0 aliphatic carbocycles. The molecule has 2 heterocycles. The highest BCUT2D eigenvalue weighted by Crippen LogP contribution is 2.39. The van der Waals surface area contributed by atoms with E-state index in [1.165, 1.54) is 23.5 Å². The first kappa shape index (κ1) is 26.2. The molecule has 2 aromatic carbocycles. The number of nitrogens with one attached hydrogen (secondary N) is 2. The summed E-state index contributed by atoms with van der Waals surface area (Å²) in [6.07, 6.45) is -4.43. The van der Waals surface area contributed by atoms with Gasteiger partial charge in [-0.3, -0.25) is 0 Å². The Labute approximate surface area is 219 Å². The van der Waals surface area contributed by atoms with Crippen molar-refractivity contribution in [3.8, 4) is 0 Å². The zero-order valence-electron chi connectivity index (χ0n) is 19.5. The largest absolute Gasteiger partial charge is 0.416 e. The number of thiazole rings is 1. The fourth-order valence-corrected chi connectivity index (χ4v) is 4.70. The Balaban J connectivity index is 1.81. The highest BCUT2D eigenvalue weighted by Gasteiger charge is 2.30. The van der Waals surface area contributed by atoms with Crippen LogP contribution in [-0.2, 0) is 6.18 Å². The molecule has 0 saturated heterocycles. The van der Waals surface area contributed by atoms with Gasteiger partial charge in [0.15, 0.2) is 15.8 Å². The summed E-state index contributed by atoms with van der Waals surface area (Å²) in [5.41, 5.74) is 0.821. The molecular formula is C23H22Cl2F3N7S. The van der Waals surface area contributed by atoms with Crippen molar-refractivity contribution < 1.29 is 13.2 Å². The van der Waals surface area contributed by atoms with Crippen LogP contribution in [0.2, 0.25) is 10.0 Å². The number of hydrogen-bond donors (Lipinski definition) is 2. The summed E-state index contributed by atoms with van der Waals surface area (Å²) in [6, 6.07) is 10.1. The number of rotatable bonds is 8. The molecule has 36 heavy (non-hydrogen) atoms. The third-order valence-electron chi connectivity index (χ3n) is 5.19. The van der Waals surface area contributed by atoms with E-state index >= 15 is 0 Å². The van der Waals surface area contributed by atoms with E-state index in [9.17, 15) is 13.2 Å². The number of anilines is 5. The third kappa shape index (κ3) is 5.75. The molecule has 2 N–H and O–H groups in total. The van der Waals surface area contributed by atoms with Gasteiger partial charge in [-0.2, -0.15) is 18.2 Å². The predicted octanol–water partition coefficient (Wildman–Crippen LogP) is 6.90. The molecule has 0 amide bonds. The molecule has 0 saturated carbocycles. The third-order valence-corrected chi connectivity index (χ3v) is 6.69. The Kier molecular flexibility index (Phi) is 7.74. The number of hydrogen-bond acceptors (Lipinski definition) is 8. The quantitative estimate of drug-likeness (QED) is 0.245. The Morgan fingerprint density at radius 2 is 1.61 bits per heavy atom. The first-order valence-electron chi connectivity index (χ1n) is 10.7. The lowest BCUT2D eigenvalue weighted by atomic mass is 10.2. The minimum atomic E-state index is -4.43. The molecule has 0 aliphatic heterocycles. The summed E-state index contributed by atoms with van der Waals surface area (Å²) in [7, 11) is 5.52. The zero-order chi connectivity index (χ0) is 26.0. The molecule has 0 aliphatic rings. The molecule has 0 bridgehead atoms. The van der Waals surface area contributed by atoms with Crippen LogP contribution in [0.5, 0.6) is 0 Å². The van der Waals surface area contributed by atoms with Gasteiger partial charge in [-0.25, -0.2) is 9.97 Å². The van der Waals surface area contributed by atoms with Crippen molar-refractivity contribution in [2.45, 2.75) is 6.18 Å². The van der Waals surface area contributed by atoms with Crippen molar-refractivity contribution in [2.75, 3.05) is 49.8 Å². The first-order chi connectivity index (χ1) is 17.1. The number of benzene rings is 2. The van der Waals surface area contributed by atoms with Gasteiger partial charge in [-0.15, -0.1) is 0 Å². The summed E-state index contributed by atoms with van der Waals surface area (Å²) in [6.45, 7) is 1.07. The molecular weight excluding hydrogens is 534 g/mol. The van der Waals surface area contributed by atoms with Gasteiger partial charge in [0, 0.05) is 25.8 Å². The Bertz CT molecular complexity index is 1340. The van der Waals surface area contributed by atoms with Crippen LogP contribution in [0.25, 0.3) is 10.3 Å². The highest BCUT2D eigenvalue weighted by molar-refractivity contribution is 7.22. The Hall–Kier alpha value is -2.86. The van der Waals surface area contributed by atoms with Crippen molar-refractivity contribution in [1.82, 2.24) is 19.9 Å². The molecule has 7 nitrogen and oxygen atoms in total. The number of halogens is 5. The van der Waals surface area contributed by atoms with Gasteiger partial charge in [0.25, 0.3) is 0 Å². The van der Waals surface area contributed by atoms with Crippen molar-refractivity contribution >= 4 is 73.2 Å². The van der Waals surface area contributed by atoms with E-state index in [-0.39, 0.29) is 0 Å². The molecule has 190 valence electrons. The maximum absolute atomic E-state index is 13.2. The minimum absolute atomic E-state index is 0.352. The molecule has 4 rings (SSSR count). The topological polar surface area (TPSA) is 69.2 Å². The second kappa shape index (κ2) is 10.6. The maximum atomic E-state index is 13.2. The Morgan fingerprint density at radius 1 is 0.944 bits per heavy atom. The summed E-state index contributed by atoms with van der Waals surface area (Å²) in [5.74, 6) is 0.811. The molecule has 0 spiro atoms. The van der Waals surface area contributed by atoms with Crippen LogP contribution >= 0.6 is 34.5 Å². The van der Waals surface area contributed by atoms with Crippen LogP contribution in [0.1, 0.15) is 5.56 Å². The van der Waals surface area contributed by atoms with Gasteiger partial charge in [0.05, 0.1) is 21.3 Å². The summed E-state index contributed by atoms with van der Waals surface area (Å²) in [4.78, 5) is 18.2. The van der Waals surface area contributed by atoms with Gasteiger partial charge in [-0.05, 0) is 50.5 Å². The van der Waals surface area contributed by atoms with Crippen molar-refractivity contribution in [2.24, 2.45) is 0 Å². The zero-order valence-corrected chi connectivity index (χ0v) is 21.8. The molecule has 0 radical (unpaired) electrons. The van der Waals surface area contributed by atoms with Gasteiger partial charge in [0.2, 0.25) is 5.95 Å². The maximum Gasteiger partial charge on any atom is 0.416 e. The number of nitrogens with zero attached hydrogens (tertiary/aromatic N) is 5. The minimum Gasteiger partial charge on any atom is -0.357 e. The first-order valence-corrected chi connectivity index (χ1v) is 12.3. The Morgan fingerprint density at radius 3 is 2.19 bits per heavy atom. The molecule has 0 atom stereocenters. The van der Waals surface area contributed by atoms with Crippen LogP contribution in [0, 0.1) is 0 Å². The number of para-hydroxylation sites is 1. The van der Waals surface area contributed by atoms with E-state index in [4.69, 9.17) is 28.2 Å². The number of fused-ring (bicyclic) bond motifs is 1. The SMILES string of the molecule is CNc1nc(N(CCN(C)C)c2ccc(C(F)(F)F)cc2)c2nc(Nc3c(Cl)cccc3Cl)sc2n1. The van der Waals surface area contributed by atoms with Crippen LogP contribution in [0.4, 0.5) is 41.4 Å². The van der Waals surface area contributed by atoms with Crippen molar-refractivity contribution in [3.63, 3.8) is 0 Å². The molecule has 2 aromatic heterocycles. The lowest BCUT2D eigenvalue weighted by Crippen LogP contribution is -2.29. The molecule has 0 fully saturated rings. The second-order valence-corrected chi connectivity index (χ2v) is 9.81. The van der Waals surface area contributed by atoms with E-state index in [1.54, 1.807) is 25.2 Å². The molecule has 0 unspecified atom stereocenters. The van der Waals surface area contributed by atoms with E-state index in [2.05, 4.69) is 20.6 Å². The molecule has 4 aromatic rings. The normalized spacial score (nSPS) is 11.8. The fraction of sp³-hybridized carbons (Fsp3) is 0.261. The van der Waals surface area contributed by atoms with Crippen LogP contribution in [0.15, 0.2) is 42.5 Å². The van der Waals surface area contributed by atoms with E-state index in [1.807, 2.05) is 23.9 Å². The monoisotopic (exact) mass is 555 g/mol. The average Bonchev–Trinajstić information content (AvgIpc) is 3.23. The van der Waals surface area contributed by atoms with Crippen LogP contribution in [-0.4, -0.2) is 54.1 Å².